The first-order valence-corrected chi connectivity index (χ1v) is 23.6. The van der Waals surface area contributed by atoms with Gasteiger partial charge in [0.1, 0.15) is 12.7 Å². The Morgan fingerprint density at radius 2 is 0.830 bits per heavy atom. The highest BCUT2D eigenvalue weighted by atomic mass is 16.6. The van der Waals surface area contributed by atoms with Crippen LogP contribution in [-0.4, -0.2) is 63.5 Å². The van der Waals surface area contributed by atoms with Gasteiger partial charge in [-0.25, -0.2) is 0 Å². The topological polar surface area (TPSA) is 69.2 Å². The summed E-state index contributed by atoms with van der Waals surface area (Å²) in [5, 5.41) is 12.3. The highest BCUT2D eigenvalue weighted by molar-refractivity contribution is 4.79. The number of hydrogen-bond donors (Lipinski definition) is 2. The standard InChI is InChI=1S/C47H95NO5/c1-5-7-9-11-13-15-17-19-21-23-25-27-29-31-33-35-39-50-43-47(44-53-46(4)48-38-37-41-51-45(3)42-49)52-40-36-34-32-30-28-26-24-22-20-18-16-14-12-10-8-6-2/h45,47-49H,4-44H2,1-3H3. The third-order valence-corrected chi connectivity index (χ3v) is 10.5. The molecule has 2 atom stereocenters. The highest BCUT2D eigenvalue weighted by Crippen LogP contribution is 2.16. The van der Waals surface area contributed by atoms with Crippen molar-refractivity contribution < 1.29 is 24.1 Å². The van der Waals surface area contributed by atoms with Gasteiger partial charge in [-0.15, -0.1) is 0 Å². The Kier molecular flexibility index (Phi) is 44.9. The second-order valence-electron chi connectivity index (χ2n) is 16.1. The number of unbranched alkanes of at least 4 members (excludes halogenated alkanes) is 30. The lowest BCUT2D eigenvalue weighted by molar-refractivity contribution is -0.0517. The van der Waals surface area contributed by atoms with Crippen LogP contribution in [0.2, 0.25) is 0 Å². The summed E-state index contributed by atoms with van der Waals surface area (Å²) < 4.78 is 23.8. The van der Waals surface area contributed by atoms with E-state index in [4.69, 9.17) is 24.1 Å². The summed E-state index contributed by atoms with van der Waals surface area (Å²) in [4.78, 5) is 0. The molecule has 0 rings (SSSR count). The van der Waals surface area contributed by atoms with Crippen molar-refractivity contribution in [2.45, 2.75) is 245 Å². The summed E-state index contributed by atoms with van der Waals surface area (Å²) in [5.41, 5.74) is 0. The maximum absolute atomic E-state index is 9.09. The van der Waals surface area contributed by atoms with E-state index in [9.17, 15) is 0 Å². The molecule has 0 radical (unpaired) electrons. The first-order valence-electron chi connectivity index (χ1n) is 23.6. The van der Waals surface area contributed by atoms with Crippen LogP contribution in [0.25, 0.3) is 0 Å². The molecule has 0 saturated heterocycles. The average Bonchev–Trinajstić information content (AvgIpc) is 3.16. The highest BCUT2D eigenvalue weighted by Gasteiger charge is 2.12. The zero-order valence-electron chi connectivity index (χ0n) is 36.2. The first kappa shape index (κ1) is 52.2. The van der Waals surface area contributed by atoms with Crippen LogP contribution in [0.5, 0.6) is 0 Å². The number of hydrogen-bond acceptors (Lipinski definition) is 6. The smallest absolute Gasteiger partial charge is 0.179 e. The van der Waals surface area contributed by atoms with Gasteiger partial charge in [-0.05, 0) is 32.8 Å². The lowest BCUT2D eigenvalue weighted by atomic mass is 10.0. The fourth-order valence-electron chi connectivity index (χ4n) is 6.89. The third-order valence-electron chi connectivity index (χ3n) is 10.5. The van der Waals surface area contributed by atoms with Gasteiger partial charge < -0.3 is 29.4 Å². The molecule has 0 heterocycles. The van der Waals surface area contributed by atoms with E-state index in [-0.39, 0.29) is 18.8 Å². The van der Waals surface area contributed by atoms with E-state index in [0.717, 1.165) is 39.0 Å². The van der Waals surface area contributed by atoms with E-state index in [1.54, 1.807) is 0 Å². The molecule has 0 fully saturated rings. The van der Waals surface area contributed by atoms with E-state index < -0.39 is 0 Å². The first-order chi connectivity index (χ1) is 26.1. The van der Waals surface area contributed by atoms with E-state index in [1.807, 2.05) is 6.92 Å². The molecule has 0 aromatic rings. The molecular weight excluding hydrogens is 659 g/mol. The molecule has 0 aliphatic carbocycles. The lowest BCUT2D eigenvalue weighted by Crippen LogP contribution is -2.28. The predicted octanol–water partition coefficient (Wildman–Crippen LogP) is 13.8. The molecule has 0 saturated carbocycles. The maximum Gasteiger partial charge on any atom is 0.179 e. The monoisotopic (exact) mass is 754 g/mol. The molecule has 0 aromatic carbocycles. The zero-order chi connectivity index (χ0) is 38.6. The van der Waals surface area contributed by atoms with Gasteiger partial charge in [0.15, 0.2) is 5.88 Å². The van der Waals surface area contributed by atoms with Gasteiger partial charge in [0, 0.05) is 26.4 Å². The summed E-state index contributed by atoms with van der Waals surface area (Å²) in [6.45, 7) is 14.4. The van der Waals surface area contributed by atoms with Gasteiger partial charge in [-0.2, -0.15) is 0 Å². The minimum Gasteiger partial charge on any atom is -0.477 e. The quantitative estimate of drug-likeness (QED) is 0.0476. The molecular formula is C47H95NO5. The summed E-state index contributed by atoms with van der Waals surface area (Å²) in [6.07, 6.45) is 44.7. The van der Waals surface area contributed by atoms with Gasteiger partial charge >= 0.3 is 0 Å². The van der Waals surface area contributed by atoms with E-state index in [0.29, 0.717) is 25.7 Å². The second kappa shape index (κ2) is 45.6. The summed E-state index contributed by atoms with van der Waals surface area (Å²) in [5.74, 6) is 0.564. The van der Waals surface area contributed by atoms with Crippen molar-refractivity contribution in [3.8, 4) is 0 Å². The molecule has 0 aliphatic heterocycles. The van der Waals surface area contributed by atoms with Crippen LogP contribution in [0.1, 0.15) is 233 Å². The van der Waals surface area contributed by atoms with Crippen LogP contribution in [0.3, 0.4) is 0 Å². The van der Waals surface area contributed by atoms with Crippen LogP contribution in [0, 0.1) is 0 Å². The molecule has 0 aromatic heterocycles. The van der Waals surface area contributed by atoms with Gasteiger partial charge in [-0.1, -0.05) is 206 Å². The molecule has 6 nitrogen and oxygen atoms in total. The fourth-order valence-corrected chi connectivity index (χ4v) is 6.89. The number of nitrogens with one attached hydrogen (secondary N) is 1. The van der Waals surface area contributed by atoms with Gasteiger partial charge in [-0.3, -0.25) is 0 Å². The van der Waals surface area contributed by atoms with E-state index in [2.05, 4.69) is 25.7 Å². The normalized spacial score (nSPS) is 12.7. The molecule has 53 heavy (non-hydrogen) atoms. The van der Waals surface area contributed by atoms with Crippen LogP contribution in [0.4, 0.5) is 0 Å². The number of ether oxygens (including phenoxy) is 4. The van der Waals surface area contributed by atoms with E-state index in [1.165, 1.54) is 193 Å². The van der Waals surface area contributed by atoms with Crippen LogP contribution >= 0.6 is 0 Å². The van der Waals surface area contributed by atoms with Crippen molar-refractivity contribution in [3.63, 3.8) is 0 Å². The Balaban J connectivity index is 3.98. The largest absolute Gasteiger partial charge is 0.477 e. The molecule has 0 bridgehead atoms. The predicted molar refractivity (Wildman–Crippen MR) is 230 cm³/mol. The minimum absolute atomic E-state index is 0.0472. The summed E-state index contributed by atoms with van der Waals surface area (Å²) in [7, 11) is 0. The van der Waals surface area contributed by atoms with Crippen molar-refractivity contribution in [2.24, 2.45) is 0 Å². The number of aliphatic hydroxyl groups is 1. The third kappa shape index (κ3) is 43.8. The molecule has 2 unspecified atom stereocenters. The molecule has 318 valence electrons. The Labute approximate surface area is 332 Å². The summed E-state index contributed by atoms with van der Waals surface area (Å²) >= 11 is 0. The fraction of sp³-hybridized carbons (Fsp3) is 0.957. The second-order valence-corrected chi connectivity index (χ2v) is 16.1. The van der Waals surface area contributed by atoms with E-state index >= 15 is 0 Å². The minimum atomic E-state index is -0.124. The summed E-state index contributed by atoms with van der Waals surface area (Å²) in [6, 6.07) is 0. The van der Waals surface area contributed by atoms with Crippen LogP contribution in [0.15, 0.2) is 12.5 Å². The number of rotatable bonds is 47. The SMILES string of the molecule is C=C(NCCCOC(C)CO)OCC(COCCCCCCCCCCCCCCCCCC)OCCCCCCCCCCCCCCCCCC. The molecule has 0 aliphatic rings. The Bertz CT molecular complexity index is 692. The van der Waals surface area contributed by atoms with Crippen molar-refractivity contribution in [1.82, 2.24) is 5.32 Å². The van der Waals surface area contributed by atoms with Crippen LogP contribution in [-0.2, 0) is 18.9 Å². The van der Waals surface area contributed by atoms with Gasteiger partial charge in [0.05, 0.1) is 19.3 Å². The van der Waals surface area contributed by atoms with Crippen molar-refractivity contribution in [1.29, 1.82) is 0 Å². The molecule has 2 N–H and O–H groups in total. The Morgan fingerprint density at radius 1 is 0.472 bits per heavy atom. The molecule has 0 amide bonds. The van der Waals surface area contributed by atoms with Gasteiger partial charge in [0.2, 0.25) is 0 Å². The van der Waals surface area contributed by atoms with Gasteiger partial charge in [0.25, 0.3) is 0 Å². The van der Waals surface area contributed by atoms with Crippen LogP contribution < -0.4 is 5.32 Å². The maximum atomic E-state index is 9.09. The lowest BCUT2D eigenvalue weighted by Gasteiger charge is -2.20. The Hall–Kier alpha value is -0.820. The van der Waals surface area contributed by atoms with Crippen molar-refractivity contribution in [2.75, 3.05) is 46.2 Å². The molecule has 6 heteroatoms. The Morgan fingerprint density at radius 3 is 1.23 bits per heavy atom. The average molecular weight is 754 g/mol. The molecule has 0 spiro atoms. The zero-order valence-corrected chi connectivity index (χ0v) is 36.2. The van der Waals surface area contributed by atoms with Crippen molar-refractivity contribution >= 4 is 0 Å². The number of aliphatic hydroxyl groups excluding tert-OH is 1. The van der Waals surface area contributed by atoms with Crippen molar-refractivity contribution in [3.05, 3.63) is 12.5 Å².